The third kappa shape index (κ3) is 1.74. The molecule has 2 nitrogen and oxygen atoms in total. The molecule has 2 heterocycles. The van der Waals surface area contributed by atoms with Gasteiger partial charge in [-0.1, -0.05) is 18.5 Å². The van der Waals surface area contributed by atoms with E-state index in [4.69, 9.17) is 11.6 Å². The Balaban J connectivity index is 2.77. The van der Waals surface area contributed by atoms with Crippen LogP contribution >= 0.6 is 27.5 Å². The van der Waals surface area contributed by atoms with E-state index in [1.807, 2.05) is 12.1 Å². The summed E-state index contributed by atoms with van der Waals surface area (Å²) in [6.45, 7) is 2.05. The third-order valence-electron chi connectivity index (χ3n) is 1.98. The Morgan fingerprint density at radius 2 is 2.21 bits per heavy atom. The fourth-order valence-electron chi connectivity index (χ4n) is 1.28. The lowest BCUT2D eigenvalue weighted by Gasteiger charge is -2.02. The van der Waals surface area contributed by atoms with E-state index >= 15 is 0 Å². The van der Waals surface area contributed by atoms with Gasteiger partial charge < -0.3 is 0 Å². The largest absolute Gasteiger partial charge is 0.252 e. The van der Waals surface area contributed by atoms with Crippen molar-refractivity contribution in [3.63, 3.8) is 0 Å². The Kier molecular flexibility index (Phi) is 2.70. The molecule has 0 N–H and O–H groups in total. The molecule has 2 aromatic heterocycles. The van der Waals surface area contributed by atoms with Crippen LogP contribution in [0.25, 0.3) is 11.0 Å². The third-order valence-corrected chi connectivity index (χ3v) is 2.70. The van der Waals surface area contributed by atoms with Crippen LogP contribution in [-0.4, -0.2) is 9.97 Å². The summed E-state index contributed by atoms with van der Waals surface area (Å²) >= 11 is 9.43. The van der Waals surface area contributed by atoms with Gasteiger partial charge in [0, 0.05) is 16.4 Å². The van der Waals surface area contributed by atoms with Crippen LogP contribution in [0.4, 0.5) is 0 Å². The Labute approximate surface area is 95.5 Å². The molecule has 0 bridgehead atoms. The van der Waals surface area contributed by atoms with Crippen molar-refractivity contribution in [2.75, 3.05) is 0 Å². The molecule has 0 spiro atoms. The summed E-state index contributed by atoms with van der Waals surface area (Å²) in [4.78, 5) is 8.65. The van der Waals surface area contributed by atoms with Gasteiger partial charge in [-0.25, -0.2) is 0 Å². The molecule has 72 valence electrons. The van der Waals surface area contributed by atoms with Crippen LogP contribution in [-0.2, 0) is 6.42 Å². The van der Waals surface area contributed by atoms with E-state index in [0.717, 1.165) is 27.6 Å². The van der Waals surface area contributed by atoms with Crippen LogP contribution in [0.5, 0.6) is 0 Å². The van der Waals surface area contributed by atoms with Crippen LogP contribution in [0.3, 0.4) is 0 Å². The second-order valence-electron chi connectivity index (χ2n) is 2.97. The predicted octanol–water partition coefficient (Wildman–Crippen LogP) is 3.61. The van der Waals surface area contributed by atoms with Gasteiger partial charge in [0.25, 0.3) is 0 Å². The molecule has 0 unspecified atom stereocenters. The summed E-state index contributed by atoms with van der Waals surface area (Å²) in [6.07, 6.45) is 2.60. The SMILES string of the molecule is CCc1cc(Cl)c2ncc(Br)cc2n1. The van der Waals surface area contributed by atoms with Crippen LogP contribution in [0, 0.1) is 0 Å². The van der Waals surface area contributed by atoms with Gasteiger partial charge in [0.2, 0.25) is 0 Å². The number of fused-ring (bicyclic) bond motifs is 1. The van der Waals surface area contributed by atoms with E-state index in [9.17, 15) is 0 Å². The van der Waals surface area contributed by atoms with Gasteiger partial charge in [-0.05, 0) is 34.5 Å². The Hall–Kier alpha value is -0.670. The number of pyridine rings is 2. The number of halogens is 2. The van der Waals surface area contributed by atoms with E-state index < -0.39 is 0 Å². The molecular formula is C10H8BrClN2. The van der Waals surface area contributed by atoms with Crippen LogP contribution < -0.4 is 0 Å². The van der Waals surface area contributed by atoms with Crippen molar-refractivity contribution in [3.8, 4) is 0 Å². The highest BCUT2D eigenvalue weighted by atomic mass is 79.9. The number of hydrogen-bond acceptors (Lipinski definition) is 2. The summed E-state index contributed by atoms with van der Waals surface area (Å²) in [5, 5.41) is 0.666. The second kappa shape index (κ2) is 3.83. The Bertz CT molecular complexity index is 485. The van der Waals surface area contributed by atoms with E-state index in [-0.39, 0.29) is 0 Å². The molecule has 0 aliphatic heterocycles. The van der Waals surface area contributed by atoms with Gasteiger partial charge in [-0.2, -0.15) is 0 Å². The zero-order valence-electron chi connectivity index (χ0n) is 7.59. The molecule has 0 radical (unpaired) electrons. The summed E-state index contributed by atoms with van der Waals surface area (Å²) < 4.78 is 0.918. The van der Waals surface area contributed by atoms with E-state index in [0.29, 0.717) is 5.02 Å². The maximum atomic E-state index is 6.08. The normalized spacial score (nSPS) is 10.8. The minimum atomic E-state index is 0.666. The molecule has 0 saturated heterocycles. The lowest BCUT2D eigenvalue weighted by atomic mass is 10.2. The van der Waals surface area contributed by atoms with Crippen molar-refractivity contribution in [2.45, 2.75) is 13.3 Å². The predicted molar refractivity (Wildman–Crippen MR) is 61.6 cm³/mol. The number of aromatic nitrogens is 2. The van der Waals surface area contributed by atoms with Crippen molar-refractivity contribution in [1.82, 2.24) is 9.97 Å². The monoisotopic (exact) mass is 270 g/mol. The highest BCUT2D eigenvalue weighted by molar-refractivity contribution is 9.10. The molecule has 14 heavy (non-hydrogen) atoms. The van der Waals surface area contributed by atoms with Crippen molar-refractivity contribution < 1.29 is 0 Å². The Morgan fingerprint density at radius 3 is 2.93 bits per heavy atom. The number of nitrogens with zero attached hydrogens (tertiary/aromatic N) is 2. The fourth-order valence-corrected chi connectivity index (χ4v) is 1.87. The lowest BCUT2D eigenvalue weighted by molar-refractivity contribution is 1.05. The zero-order chi connectivity index (χ0) is 10.1. The zero-order valence-corrected chi connectivity index (χ0v) is 9.93. The molecule has 0 atom stereocenters. The minimum absolute atomic E-state index is 0.666. The van der Waals surface area contributed by atoms with Crippen LogP contribution in [0.1, 0.15) is 12.6 Å². The summed E-state index contributed by atoms with van der Waals surface area (Å²) in [7, 11) is 0. The molecule has 0 aliphatic rings. The van der Waals surface area contributed by atoms with E-state index in [1.54, 1.807) is 6.20 Å². The average molecular weight is 272 g/mol. The summed E-state index contributed by atoms with van der Waals surface area (Å²) in [6, 6.07) is 3.79. The molecule has 0 saturated carbocycles. The van der Waals surface area contributed by atoms with Crippen LogP contribution in [0.15, 0.2) is 22.8 Å². The van der Waals surface area contributed by atoms with Gasteiger partial charge in [-0.3, -0.25) is 9.97 Å². The van der Waals surface area contributed by atoms with Gasteiger partial charge >= 0.3 is 0 Å². The molecule has 0 aliphatic carbocycles. The molecule has 0 aromatic carbocycles. The van der Waals surface area contributed by atoms with Crippen LogP contribution in [0.2, 0.25) is 5.02 Å². The van der Waals surface area contributed by atoms with Crippen molar-refractivity contribution in [3.05, 3.63) is 33.5 Å². The summed E-state index contributed by atoms with van der Waals surface area (Å²) in [5.74, 6) is 0. The number of aryl methyl sites for hydroxylation is 1. The van der Waals surface area contributed by atoms with Gasteiger partial charge in [0.1, 0.15) is 5.52 Å². The molecule has 0 amide bonds. The van der Waals surface area contributed by atoms with Crippen molar-refractivity contribution >= 4 is 38.6 Å². The number of rotatable bonds is 1. The van der Waals surface area contributed by atoms with Gasteiger partial charge in [-0.15, -0.1) is 0 Å². The topological polar surface area (TPSA) is 25.8 Å². The summed E-state index contributed by atoms with van der Waals surface area (Å²) in [5.41, 5.74) is 2.58. The molecule has 4 heteroatoms. The van der Waals surface area contributed by atoms with E-state index in [1.165, 1.54) is 0 Å². The fraction of sp³-hybridized carbons (Fsp3) is 0.200. The smallest absolute Gasteiger partial charge is 0.107 e. The standard InChI is InChI=1S/C10H8BrClN2/c1-2-7-4-8(12)10-9(14-7)3-6(11)5-13-10/h3-5H,2H2,1H3. The molecular weight excluding hydrogens is 263 g/mol. The molecule has 2 aromatic rings. The first-order chi connectivity index (χ1) is 6.70. The number of hydrogen-bond donors (Lipinski definition) is 0. The Morgan fingerprint density at radius 1 is 1.43 bits per heavy atom. The minimum Gasteiger partial charge on any atom is -0.252 e. The first kappa shape index (κ1) is 9.87. The molecule has 2 rings (SSSR count). The maximum Gasteiger partial charge on any atom is 0.107 e. The lowest BCUT2D eigenvalue weighted by Crippen LogP contribution is -1.90. The highest BCUT2D eigenvalue weighted by Gasteiger charge is 2.04. The van der Waals surface area contributed by atoms with Gasteiger partial charge in [0.05, 0.1) is 10.5 Å². The van der Waals surface area contributed by atoms with Crippen molar-refractivity contribution in [2.24, 2.45) is 0 Å². The molecule has 0 fully saturated rings. The van der Waals surface area contributed by atoms with E-state index in [2.05, 4.69) is 32.8 Å². The second-order valence-corrected chi connectivity index (χ2v) is 4.29. The maximum absolute atomic E-state index is 6.08. The average Bonchev–Trinajstić information content (AvgIpc) is 2.16. The van der Waals surface area contributed by atoms with Gasteiger partial charge in [0.15, 0.2) is 0 Å². The first-order valence-electron chi connectivity index (χ1n) is 4.31. The first-order valence-corrected chi connectivity index (χ1v) is 5.48. The highest BCUT2D eigenvalue weighted by Crippen LogP contribution is 2.23. The van der Waals surface area contributed by atoms with Crippen molar-refractivity contribution in [1.29, 1.82) is 0 Å². The quantitative estimate of drug-likeness (QED) is 0.792.